The van der Waals surface area contributed by atoms with E-state index in [0.717, 1.165) is 16.8 Å². The van der Waals surface area contributed by atoms with Crippen molar-refractivity contribution in [1.82, 2.24) is 15.0 Å². The summed E-state index contributed by atoms with van der Waals surface area (Å²) in [5.74, 6) is -0.889. The Morgan fingerprint density at radius 3 is 2.36 bits per heavy atom. The van der Waals surface area contributed by atoms with Crippen LogP contribution in [0.5, 0.6) is 0 Å². The Hall–Kier alpha value is -3.02. The van der Waals surface area contributed by atoms with Crippen LogP contribution in [0.4, 0.5) is 4.39 Å². The van der Waals surface area contributed by atoms with Gasteiger partial charge in [-0.25, -0.2) is 13.9 Å². The van der Waals surface area contributed by atoms with E-state index in [2.05, 4.69) is 16.4 Å². The first-order valence-electron chi connectivity index (χ1n) is 7.86. The Kier molecular flexibility index (Phi) is 4.61. The lowest BCUT2D eigenvalue weighted by atomic mass is 10.1. The lowest BCUT2D eigenvalue weighted by Crippen LogP contribution is -2.08. The second kappa shape index (κ2) is 6.84. The third kappa shape index (κ3) is 3.74. The molecule has 0 aliphatic heterocycles. The van der Waals surface area contributed by atoms with E-state index in [0.29, 0.717) is 11.3 Å². The van der Waals surface area contributed by atoms with Gasteiger partial charge in [0.25, 0.3) is 0 Å². The van der Waals surface area contributed by atoms with Gasteiger partial charge in [0, 0.05) is 0 Å². The highest BCUT2D eigenvalue weighted by Crippen LogP contribution is 2.17. The van der Waals surface area contributed by atoms with Gasteiger partial charge in [-0.15, -0.1) is 5.10 Å². The van der Waals surface area contributed by atoms with Gasteiger partial charge in [0.15, 0.2) is 5.69 Å². The summed E-state index contributed by atoms with van der Waals surface area (Å²) >= 11 is 0. The molecule has 1 heterocycles. The van der Waals surface area contributed by atoms with Crippen molar-refractivity contribution >= 4 is 5.97 Å². The number of carbonyl (C=O) groups excluding carboxylic acids is 1. The summed E-state index contributed by atoms with van der Waals surface area (Å²) in [5.41, 5.74) is 4.53. The first kappa shape index (κ1) is 16.8. The zero-order chi connectivity index (χ0) is 18.0. The summed E-state index contributed by atoms with van der Waals surface area (Å²) in [7, 11) is 0. The van der Waals surface area contributed by atoms with Crippen LogP contribution in [0.25, 0.3) is 5.69 Å². The van der Waals surface area contributed by atoms with Gasteiger partial charge in [-0.05, 0) is 61.7 Å². The molecule has 6 heteroatoms. The fourth-order valence-electron chi connectivity index (χ4n) is 2.63. The second-order valence-electron chi connectivity index (χ2n) is 5.98. The van der Waals surface area contributed by atoms with E-state index < -0.39 is 5.97 Å². The number of carbonyl (C=O) groups is 1. The van der Waals surface area contributed by atoms with Crippen molar-refractivity contribution in [2.75, 3.05) is 0 Å². The zero-order valence-electron chi connectivity index (χ0n) is 14.3. The molecule has 0 aliphatic rings. The number of aromatic nitrogens is 3. The third-order valence-electron chi connectivity index (χ3n) is 3.82. The van der Waals surface area contributed by atoms with Gasteiger partial charge in [0.1, 0.15) is 12.4 Å². The lowest BCUT2D eigenvalue weighted by Gasteiger charge is -2.07. The molecular weight excluding hydrogens is 321 g/mol. The number of aryl methyl sites for hydroxylation is 2. The summed E-state index contributed by atoms with van der Waals surface area (Å²) < 4.78 is 19.8. The van der Waals surface area contributed by atoms with Crippen LogP contribution in [0.15, 0.2) is 42.5 Å². The molecule has 3 rings (SSSR count). The first-order chi connectivity index (χ1) is 11.9. The maximum Gasteiger partial charge on any atom is 0.361 e. The Morgan fingerprint density at radius 1 is 1.08 bits per heavy atom. The molecule has 0 N–H and O–H groups in total. The van der Waals surface area contributed by atoms with Crippen LogP contribution in [0.3, 0.4) is 0 Å². The van der Waals surface area contributed by atoms with Crippen LogP contribution in [-0.2, 0) is 11.3 Å². The predicted octanol–water partition coefficient (Wildman–Crippen LogP) is 3.69. The SMILES string of the molecule is Cc1cc(C)cc(-n2nnc(C(=O)OCc3ccc(F)cc3)c2C)c1. The fraction of sp³-hybridized carbons (Fsp3) is 0.211. The third-order valence-corrected chi connectivity index (χ3v) is 3.82. The summed E-state index contributed by atoms with van der Waals surface area (Å²) in [6, 6.07) is 11.8. The number of rotatable bonds is 4. The minimum Gasteiger partial charge on any atom is -0.456 e. The van der Waals surface area contributed by atoms with Gasteiger partial charge in [-0.2, -0.15) is 0 Å². The minimum atomic E-state index is -0.558. The van der Waals surface area contributed by atoms with Gasteiger partial charge in [-0.1, -0.05) is 23.4 Å². The Morgan fingerprint density at radius 2 is 1.72 bits per heavy atom. The maximum absolute atomic E-state index is 12.9. The number of esters is 1. The monoisotopic (exact) mass is 339 g/mol. The molecule has 0 atom stereocenters. The molecule has 0 aliphatic carbocycles. The summed E-state index contributed by atoms with van der Waals surface area (Å²) in [6.45, 7) is 5.82. The molecule has 0 amide bonds. The van der Waals surface area contributed by atoms with E-state index in [-0.39, 0.29) is 18.1 Å². The van der Waals surface area contributed by atoms with Crippen LogP contribution in [-0.4, -0.2) is 21.0 Å². The van der Waals surface area contributed by atoms with E-state index in [1.807, 2.05) is 26.0 Å². The molecule has 25 heavy (non-hydrogen) atoms. The van der Waals surface area contributed by atoms with Gasteiger partial charge in [0.05, 0.1) is 11.4 Å². The van der Waals surface area contributed by atoms with Crippen molar-refractivity contribution in [3.05, 3.63) is 76.4 Å². The van der Waals surface area contributed by atoms with Gasteiger partial charge in [-0.3, -0.25) is 0 Å². The normalized spacial score (nSPS) is 10.7. The van der Waals surface area contributed by atoms with Crippen molar-refractivity contribution in [2.24, 2.45) is 0 Å². The minimum absolute atomic E-state index is 0.0506. The molecule has 128 valence electrons. The van der Waals surface area contributed by atoms with Crippen molar-refractivity contribution in [1.29, 1.82) is 0 Å². The van der Waals surface area contributed by atoms with Crippen LogP contribution < -0.4 is 0 Å². The molecule has 0 saturated heterocycles. The number of hydrogen-bond acceptors (Lipinski definition) is 4. The predicted molar refractivity (Wildman–Crippen MR) is 91.1 cm³/mol. The highest BCUT2D eigenvalue weighted by Gasteiger charge is 2.19. The summed E-state index contributed by atoms with van der Waals surface area (Å²) in [4.78, 5) is 12.3. The standard InChI is InChI=1S/C19H18FN3O2/c1-12-8-13(2)10-17(9-12)23-14(3)18(21-22-23)19(24)25-11-15-4-6-16(20)7-5-15/h4-10H,11H2,1-3H3. The van der Waals surface area contributed by atoms with E-state index >= 15 is 0 Å². The molecular formula is C19H18FN3O2. The van der Waals surface area contributed by atoms with Crippen molar-refractivity contribution in [2.45, 2.75) is 27.4 Å². The van der Waals surface area contributed by atoms with Crippen molar-refractivity contribution in [3.8, 4) is 5.69 Å². The van der Waals surface area contributed by atoms with Crippen LogP contribution in [0, 0.1) is 26.6 Å². The highest BCUT2D eigenvalue weighted by atomic mass is 19.1. The molecule has 0 saturated carbocycles. The fourth-order valence-corrected chi connectivity index (χ4v) is 2.63. The summed E-state index contributed by atoms with van der Waals surface area (Å²) in [6.07, 6.45) is 0. The molecule has 0 bridgehead atoms. The smallest absolute Gasteiger partial charge is 0.361 e. The van der Waals surface area contributed by atoms with Gasteiger partial charge in [0.2, 0.25) is 0 Å². The average molecular weight is 339 g/mol. The topological polar surface area (TPSA) is 57.0 Å². The van der Waals surface area contributed by atoms with E-state index in [4.69, 9.17) is 4.74 Å². The number of hydrogen-bond donors (Lipinski definition) is 0. The molecule has 3 aromatic rings. The second-order valence-corrected chi connectivity index (χ2v) is 5.98. The number of nitrogens with zero attached hydrogens (tertiary/aromatic N) is 3. The van der Waals surface area contributed by atoms with Crippen LogP contribution >= 0.6 is 0 Å². The molecule has 0 fully saturated rings. The number of ether oxygens (including phenoxy) is 1. The van der Waals surface area contributed by atoms with Crippen LogP contribution in [0.2, 0.25) is 0 Å². The molecule has 0 unspecified atom stereocenters. The number of halogens is 1. The number of benzene rings is 2. The Balaban J connectivity index is 1.78. The quantitative estimate of drug-likeness (QED) is 0.680. The van der Waals surface area contributed by atoms with E-state index in [9.17, 15) is 9.18 Å². The average Bonchev–Trinajstić information content (AvgIpc) is 2.95. The lowest BCUT2D eigenvalue weighted by molar-refractivity contribution is 0.0464. The van der Waals surface area contributed by atoms with E-state index in [1.54, 1.807) is 23.7 Å². The van der Waals surface area contributed by atoms with E-state index in [1.165, 1.54) is 12.1 Å². The van der Waals surface area contributed by atoms with Gasteiger partial charge < -0.3 is 4.74 Å². The molecule has 0 spiro atoms. The molecule has 5 nitrogen and oxygen atoms in total. The summed E-state index contributed by atoms with van der Waals surface area (Å²) in [5, 5.41) is 8.03. The zero-order valence-corrected chi connectivity index (χ0v) is 14.3. The van der Waals surface area contributed by atoms with Crippen LogP contribution in [0.1, 0.15) is 32.9 Å². The van der Waals surface area contributed by atoms with Gasteiger partial charge >= 0.3 is 5.97 Å². The molecule has 0 radical (unpaired) electrons. The molecule has 2 aromatic carbocycles. The van der Waals surface area contributed by atoms with Crippen molar-refractivity contribution < 1.29 is 13.9 Å². The Labute approximate surface area is 145 Å². The first-order valence-corrected chi connectivity index (χ1v) is 7.86. The molecule has 1 aromatic heterocycles. The maximum atomic E-state index is 12.9. The van der Waals surface area contributed by atoms with Crippen molar-refractivity contribution in [3.63, 3.8) is 0 Å². The largest absolute Gasteiger partial charge is 0.456 e. The highest BCUT2D eigenvalue weighted by molar-refractivity contribution is 5.88. The Bertz CT molecular complexity index is 897.